The Hall–Kier alpha value is -5.10. The van der Waals surface area contributed by atoms with Crippen molar-refractivity contribution in [3.05, 3.63) is 120 Å². The first-order valence-corrected chi connectivity index (χ1v) is 11.5. The van der Waals surface area contributed by atoms with E-state index in [9.17, 15) is 0 Å². The molecule has 6 aromatic rings. The minimum absolute atomic E-state index is 0.0401. The van der Waals surface area contributed by atoms with E-state index in [0.717, 1.165) is 22.2 Å². The third-order valence-electron chi connectivity index (χ3n) is 6.06. The van der Waals surface area contributed by atoms with Crippen LogP contribution in [0.1, 0.15) is 11.1 Å². The highest BCUT2D eigenvalue weighted by atomic mass is 14.8. The fraction of sp³-hybridized carbons (Fsp3) is 0. The number of nitrogens with one attached hydrogen (secondary N) is 4. The fourth-order valence-corrected chi connectivity index (χ4v) is 4.41. The van der Waals surface area contributed by atoms with Gasteiger partial charge in [0.15, 0.2) is 0 Å². The molecule has 6 rings (SSSR count). The van der Waals surface area contributed by atoms with Crippen LogP contribution in [0.4, 0.5) is 0 Å². The van der Waals surface area contributed by atoms with Crippen molar-refractivity contribution in [2.45, 2.75) is 0 Å². The molecule has 0 amide bonds. The van der Waals surface area contributed by atoms with Crippen LogP contribution in [0.3, 0.4) is 0 Å². The Morgan fingerprint density at radius 3 is 1.83 bits per heavy atom. The lowest BCUT2D eigenvalue weighted by Gasteiger charge is -2.05. The normalized spacial score (nSPS) is 10.7. The largest absolute Gasteiger partial charge is 0.384 e. The van der Waals surface area contributed by atoms with Crippen molar-refractivity contribution in [3.8, 4) is 22.5 Å². The Morgan fingerprint density at radius 2 is 1.19 bits per heavy atom. The number of nitrogens with two attached hydrogens (primary N) is 2. The van der Waals surface area contributed by atoms with Crippen LogP contribution in [-0.4, -0.2) is 21.6 Å². The molecule has 0 fully saturated rings. The van der Waals surface area contributed by atoms with Gasteiger partial charge in [0.1, 0.15) is 11.7 Å². The van der Waals surface area contributed by atoms with Crippen molar-refractivity contribution in [2.24, 2.45) is 11.5 Å². The van der Waals surface area contributed by atoms with E-state index in [-0.39, 0.29) is 11.7 Å². The van der Waals surface area contributed by atoms with Crippen LogP contribution in [0.5, 0.6) is 0 Å². The van der Waals surface area contributed by atoms with Crippen molar-refractivity contribution in [3.63, 3.8) is 0 Å². The minimum atomic E-state index is -0.0474. The van der Waals surface area contributed by atoms with Gasteiger partial charge in [0.05, 0.1) is 11.3 Å². The van der Waals surface area contributed by atoms with E-state index < -0.39 is 0 Å². The molecule has 0 saturated carbocycles. The number of aromatic amines is 2. The number of hydrogen-bond donors (Lipinski definition) is 6. The van der Waals surface area contributed by atoms with Gasteiger partial charge in [0, 0.05) is 33.1 Å². The van der Waals surface area contributed by atoms with E-state index in [2.05, 4.69) is 58.5 Å². The number of H-pyrrole nitrogens is 2. The molecular weight excluding hydrogens is 444 g/mol. The van der Waals surface area contributed by atoms with Gasteiger partial charge < -0.3 is 21.4 Å². The molecule has 36 heavy (non-hydrogen) atoms. The maximum Gasteiger partial charge on any atom is 0.125 e. The topological polar surface area (TPSA) is 131 Å². The molecule has 2 aromatic heterocycles. The van der Waals surface area contributed by atoms with Gasteiger partial charge in [-0.05, 0) is 29.3 Å². The zero-order valence-corrected chi connectivity index (χ0v) is 19.5. The van der Waals surface area contributed by atoms with Crippen molar-refractivity contribution in [1.82, 2.24) is 9.97 Å². The smallest absolute Gasteiger partial charge is 0.125 e. The molecule has 0 radical (unpaired) electrons. The number of para-hydroxylation sites is 1. The second kappa shape index (κ2) is 9.64. The molecule has 8 N–H and O–H groups in total. The summed E-state index contributed by atoms with van der Waals surface area (Å²) in [5, 5.41) is 17.6. The van der Waals surface area contributed by atoms with Gasteiger partial charge in [-0.2, -0.15) is 0 Å². The highest BCUT2D eigenvalue weighted by Crippen LogP contribution is 2.32. The highest BCUT2D eigenvalue weighted by molar-refractivity contribution is 6.19. The number of fused-ring (bicyclic) bond motifs is 2. The van der Waals surface area contributed by atoms with Gasteiger partial charge >= 0.3 is 0 Å². The number of benzene rings is 4. The van der Waals surface area contributed by atoms with E-state index in [0.29, 0.717) is 11.1 Å². The summed E-state index contributed by atoms with van der Waals surface area (Å²) >= 11 is 0. The Kier molecular flexibility index (Phi) is 6.07. The van der Waals surface area contributed by atoms with E-state index >= 15 is 0 Å². The summed E-state index contributed by atoms with van der Waals surface area (Å²) < 4.78 is 0. The predicted molar refractivity (Wildman–Crippen MR) is 150 cm³/mol. The number of hydrogen-bond acceptors (Lipinski definition) is 2. The molecule has 0 unspecified atom stereocenters. The van der Waals surface area contributed by atoms with Gasteiger partial charge in [-0.3, -0.25) is 10.8 Å². The zero-order valence-electron chi connectivity index (χ0n) is 19.5. The van der Waals surface area contributed by atoms with Gasteiger partial charge in [-0.25, -0.2) is 0 Å². The third kappa shape index (κ3) is 4.35. The number of rotatable bonds is 4. The summed E-state index contributed by atoms with van der Waals surface area (Å²) in [4.78, 5) is 6.70. The van der Waals surface area contributed by atoms with Gasteiger partial charge in [-0.1, -0.05) is 91.0 Å². The van der Waals surface area contributed by atoms with Gasteiger partial charge in [0.2, 0.25) is 0 Å². The average Bonchev–Trinajstić information content (AvgIpc) is 3.52. The minimum Gasteiger partial charge on any atom is -0.384 e. The fourth-order valence-electron chi connectivity index (χ4n) is 4.41. The quantitative estimate of drug-likeness (QED) is 0.135. The number of nitrogen functional groups attached to an aromatic ring is 2. The Labute approximate surface area is 208 Å². The standard InChI is InChI=1S/C16H15N5.C14H11N/c17-15(18)10-7-4-8-11-12(10)13(16(19)20)14(21-11)9-5-2-1-3-6-9;1-2-6-11(7-3-1)14-10-12-8-4-5-9-13(12)15-14/h1-8,21H,(H3,17,18)(H3,19,20);1-10,15H. The van der Waals surface area contributed by atoms with E-state index in [1.165, 1.54) is 22.2 Å². The molecule has 0 saturated heterocycles. The van der Waals surface area contributed by atoms with Gasteiger partial charge in [-0.15, -0.1) is 0 Å². The molecule has 0 aliphatic carbocycles. The number of aromatic nitrogens is 2. The predicted octanol–water partition coefficient (Wildman–Crippen LogP) is 6.24. The van der Waals surface area contributed by atoms with Crippen molar-refractivity contribution < 1.29 is 0 Å². The first kappa shape index (κ1) is 22.7. The van der Waals surface area contributed by atoms with Crippen LogP contribution in [0.15, 0.2) is 109 Å². The van der Waals surface area contributed by atoms with Crippen LogP contribution in [0.2, 0.25) is 0 Å². The molecule has 0 spiro atoms. The summed E-state index contributed by atoms with van der Waals surface area (Å²) in [5.74, 6) is -0.0875. The van der Waals surface area contributed by atoms with E-state index in [4.69, 9.17) is 22.3 Å². The van der Waals surface area contributed by atoms with Crippen molar-refractivity contribution in [1.29, 1.82) is 10.8 Å². The first-order valence-electron chi connectivity index (χ1n) is 11.5. The molecule has 0 bridgehead atoms. The van der Waals surface area contributed by atoms with Crippen LogP contribution in [-0.2, 0) is 0 Å². The summed E-state index contributed by atoms with van der Waals surface area (Å²) in [5.41, 5.74) is 18.7. The van der Waals surface area contributed by atoms with Crippen LogP contribution < -0.4 is 11.5 Å². The monoisotopic (exact) mass is 470 g/mol. The molecule has 6 heteroatoms. The summed E-state index contributed by atoms with van der Waals surface area (Å²) in [6.45, 7) is 0. The molecular formula is C30H26N6. The van der Waals surface area contributed by atoms with Gasteiger partial charge in [0.25, 0.3) is 0 Å². The molecule has 0 atom stereocenters. The van der Waals surface area contributed by atoms with Crippen LogP contribution in [0.25, 0.3) is 44.3 Å². The second-order valence-corrected chi connectivity index (χ2v) is 8.43. The molecule has 0 aliphatic rings. The molecule has 0 aliphatic heterocycles. The lowest BCUT2D eigenvalue weighted by molar-refractivity contribution is 1.40. The van der Waals surface area contributed by atoms with Crippen molar-refractivity contribution >= 4 is 33.5 Å². The summed E-state index contributed by atoms with van der Waals surface area (Å²) in [7, 11) is 0. The van der Waals surface area contributed by atoms with Crippen molar-refractivity contribution in [2.75, 3.05) is 0 Å². The Morgan fingerprint density at radius 1 is 0.583 bits per heavy atom. The zero-order chi connectivity index (χ0) is 25.1. The Bertz CT molecular complexity index is 1640. The molecule has 2 heterocycles. The van der Waals surface area contributed by atoms with E-state index in [1.807, 2.05) is 54.6 Å². The van der Waals surface area contributed by atoms with Crippen LogP contribution in [0, 0.1) is 10.8 Å². The maximum absolute atomic E-state index is 7.91. The average molecular weight is 471 g/mol. The SMILES string of the molecule is N=C(N)c1cccc2[nH]c(-c3ccccc3)c(C(=N)N)c12.c1ccc(-c2cc3ccccc3[nH]2)cc1. The molecule has 6 nitrogen and oxygen atoms in total. The first-order chi connectivity index (χ1) is 17.5. The lowest BCUT2D eigenvalue weighted by atomic mass is 10.0. The summed E-state index contributed by atoms with van der Waals surface area (Å²) in [6.07, 6.45) is 0. The summed E-state index contributed by atoms with van der Waals surface area (Å²) in [6, 6.07) is 36.1. The molecule has 176 valence electrons. The number of amidine groups is 2. The second-order valence-electron chi connectivity index (χ2n) is 8.43. The maximum atomic E-state index is 7.91. The third-order valence-corrected chi connectivity index (χ3v) is 6.06. The highest BCUT2D eigenvalue weighted by Gasteiger charge is 2.18. The molecule has 4 aromatic carbocycles. The lowest BCUT2D eigenvalue weighted by Crippen LogP contribution is -2.15. The van der Waals surface area contributed by atoms with Crippen LogP contribution >= 0.6 is 0 Å². The van der Waals surface area contributed by atoms with E-state index in [1.54, 1.807) is 6.07 Å². The Balaban J connectivity index is 0.000000156.